The normalized spacial score (nSPS) is 11.0. The molecule has 3 N–H and O–H groups in total. The molecule has 0 saturated heterocycles. The van der Waals surface area contributed by atoms with Gasteiger partial charge in [-0.25, -0.2) is 9.59 Å². The number of aromatic nitrogens is 2. The van der Waals surface area contributed by atoms with Crippen molar-refractivity contribution in [2.45, 2.75) is 20.1 Å². The third-order valence-corrected chi connectivity index (χ3v) is 5.86. The van der Waals surface area contributed by atoms with Gasteiger partial charge in [0.05, 0.1) is 42.3 Å². The molecule has 2 aromatic carbocycles. The molecule has 0 aliphatic heterocycles. The van der Waals surface area contributed by atoms with Crippen LogP contribution in [0.15, 0.2) is 60.9 Å². The molecule has 0 amide bonds. The first-order valence-electron chi connectivity index (χ1n) is 11.5. The van der Waals surface area contributed by atoms with E-state index < -0.39 is 11.9 Å². The van der Waals surface area contributed by atoms with E-state index >= 15 is 0 Å². The Kier molecular flexibility index (Phi) is 7.68. The minimum Gasteiger partial charge on any atom is -0.478 e. The summed E-state index contributed by atoms with van der Waals surface area (Å²) in [6.07, 6.45) is 3.33. The van der Waals surface area contributed by atoms with Crippen LogP contribution in [0.1, 0.15) is 38.8 Å². The highest BCUT2D eigenvalue weighted by atomic mass is 16.5. The summed E-state index contributed by atoms with van der Waals surface area (Å²) < 4.78 is 15.7. The van der Waals surface area contributed by atoms with Gasteiger partial charge in [0.1, 0.15) is 0 Å². The molecule has 0 aliphatic carbocycles. The highest BCUT2D eigenvalue weighted by molar-refractivity contribution is 6.08. The quantitative estimate of drug-likeness (QED) is 0.254. The topological polar surface area (TPSA) is 114 Å². The molecule has 0 saturated carbocycles. The van der Waals surface area contributed by atoms with Gasteiger partial charge in [-0.05, 0) is 29.2 Å². The molecular formula is C28H28N2O6. The zero-order valence-corrected chi connectivity index (χ0v) is 20.4. The van der Waals surface area contributed by atoms with Gasteiger partial charge in [-0.1, -0.05) is 48.5 Å². The number of rotatable bonds is 10. The molecule has 2 aromatic heterocycles. The first-order valence-corrected chi connectivity index (χ1v) is 11.5. The van der Waals surface area contributed by atoms with Crippen LogP contribution in [0.25, 0.3) is 33.6 Å². The van der Waals surface area contributed by atoms with E-state index in [2.05, 4.69) is 9.97 Å². The molecule has 8 nitrogen and oxygen atoms in total. The van der Waals surface area contributed by atoms with Crippen LogP contribution in [-0.4, -0.2) is 47.8 Å². The van der Waals surface area contributed by atoms with Gasteiger partial charge >= 0.3 is 11.9 Å². The molecule has 2 heterocycles. The van der Waals surface area contributed by atoms with Gasteiger partial charge < -0.3 is 29.3 Å². The largest absolute Gasteiger partial charge is 0.478 e. The number of carboxylic acid groups (broad SMARTS) is 1. The number of carbonyl (C=O) groups is 2. The van der Waals surface area contributed by atoms with Gasteiger partial charge in [-0.2, -0.15) is 0 Å². The number of methoxy groups -OCH3 is 2. The van der Waals surface area contributed by atoms with Crippen molar-refractivity contribution in [1.82, 2.24) is 9.97 Å². The molecule has 8 heteroatoms. The number of nitrogens with one attached hydrogen (secondary N) is 2. The number of H-pyrrole nitrogens is 2. The third-order valence-electron chi connectivity index (χ3n) is 5.86. The van der Waals surface area contributed by atoms with E-state index in [1.54, 1.807) is 33.5 Å². The lowest BCUT2D eigenvalue weighted by molar-refractivity contribution is 0.0527. The average Bonchev–Trinajstić information content (AvgIpc) is 3.50. The van der Waals surface area contributed by atoms with E-state index in [4.69, 9.17) is 14.2 Å². The van der Waals surface area contributed by atoms with Crippen LogP contribution in [0.5, 0.6) is 0 Å². The summed E-state index contributed by atoms with van der Waals surface area (Å²) in [6, 6.07) is 15.1. The molecule has 0 aliphatic rings. The van der Waals surface area contributed by atoms with Crippen LogP contribution in [0.2, 0.25) is 0 Å². The number of carbonyl (C=O) groups excluding carboxylic acids is 1. The summed E-state index contributed by atoms with van der Waals surface area (Å²) in [5, 5.41) is 10.2. The smallest absolute Gasteiger partial charge is 0.341 e. The minimum absolute atomic E-state index is 0.0592. The lowest BCUT2D eigenvalue weighted by Gasteiger charge is -2.09. The van der Waals surface area contributed by atoms with E-state index in [-0.39, 0.29) is 17.7 Å². The summed E-state index contributed by atoms with van der Waals surface area (Å²) in [4.78, 5) is 31.7. The first-order chi connectivity index (χ1) is 17.5. The Morgan fingerprint density at radius 1 is 0.750 bits per heavy atom. The second kappa shape index (κ2) is 11.1. The number of carboxylic acids is 1. The number of hydrogen-bond acceptors (Lipinski definition) is 5. The average molecular weight is 489 g/mol. The van der Waals surface area contributed by atoms with Crippen LogP contribution < -0.4 is 0 Å². The molecule has 0 unspecified atom stereocenters. The van der Waals surface area contributed by atoms with Crippen molar-refractivity contribution >= 4 is 11.9 Å². The number of esters is 1. The van der Waals surface area contributed by atoms with Crippen molar-refractivity contribution in [2.75, 3.05) is 20.8 Å². The number of aromatic amines is 2. The van der Waals surface area contributed by atoms with Gasteiger partial charge in [-0.3, -0.25) is 0 Å². The van der Waals surface area contributed by atoms with E-state index in [0.717, 1.165) is 22.3 Å². The Hall–Kier alpha value is -4.14. The van der Waals surface area contributed by atoms with Crippen LogP contribution in [-0.2, 0) is 27.4 Å². The minimum atomic E-state index is -1.11. The Balaban J connectivity index is 1.83. The van der Waals surface area contributed by atoms with Crippen molar-refractivity contribution in [1.29, 1.82) is 0 Å². The summed E-state index contributed by atoms with van der Waals surface area (Å²) in [7, 11) is 3.25. The number of benzene rings is 2. The fourth-order valence-electron chi connectivity index (χ4n) is 4.23. The Labute approximate surface area is 208 Å². The highest BCUT2D eigenvalue weighted by Gasteiger charge is 2.28. The van der Waals surface area contributed by atoms with Crippen molar-refractivity contribution in [2.24, 2.45) is 0 Å². The van der Waals surface area contributed by atoms with Crippen LogP contribution in [0.3, 0.4) is 0 Å². The van der Waals surface area contributed by atoms with Gasteiger partial charge in [0.2, 0.25) is 0 Å². The van der Waals surface area contributed by atoms with Gasteiger partial charge in [0.25, 0.3) is 0 Å². The first kappa shape index (κ1) is 25.0. The molecule has 0 fully saturated rings. The van der Waals surface area contributed by atoms with Crippen molar-refractivity contribution in [3.8, 4) is 33.6 Å². The van der Waals surface area contributed by atoms with Gasteiger partial charge in [-0.15, -0.1) is 0 Å². The van der Waals surface area contributed by atoms with Crippen LogP contribution in [0.4, 0.5) is 0 Å². The maximum Gasteiger partial charge on any atom is 0.341 e. The summed E-state index contributed by atoms with van der Waals surface area (Å²) in [5.74, 6) is -1.65. The van der Waals surface area contributed by atoms with Crippen molar-refractivity contribution in [3.63, 3.8) is 0 Å². The van der Waals surface area contributed by atoms with E-state index in [9.17, 15) is 14.7 Å². The lowest BCUT2D eigenvalue weighted by Crippen LogP contribution is -2.08. The predicted octanol–water partition coefficient (Wildman–Crippen LogP) is 5.51. The second-order valence-electron chi connectivity index (χ2n) is 8.19. The second-order valence-corrected chi connectivity index (χ2v) is 8.19. The molecule has 4 rings (SSSR count). The number of aromatic carboxylic acids is 1. The van der Waals surface area contributed by atoms with Gasteiger partial charge in [0.15, 0.2) is 0 Å². The van der Waals surface area contributed by atoms with E-state index in [1.165, 1.54) is 0 Å². The summed E-state index contributed by atoms with van der Waals surface area (Å²) >= 11 is 0. The molecular weight excluding hydrogens is 460 g/mol. The number of hydrogen-bond donors (Lipinski definition) is 3. The fraction of sp³-hybridized carbons (Fsp3) is 0.214. The van der Waals surface area contributed by atoms with Gasteiger partial charge in [0, 0.05) is 37.7 Å². The maximum atomic E-state index is 13.1. The molecule has 0 atom stereocenters. The monoisotopic (exact) mass is 488 g/mol. The zero-order valence-electron chi connectivity index (χ0n) is 20.4. The number of ether oxygens (including phenoxy) is 3. The lowest BCUT2D eigenvalue weighted by atomic mass is 9.97. The molecule has 0 spiro atoms. The van der Waals surface area contributed by atoms with Crippen molar-refractivity contribution in [3.05, 3.63) is 83.2 Å². The van der Waals surface area contributed by atoms with Crippen LogP contribution >= 0.6 is 0 Å². The summed E-state index contributed by atoms with van der Waals surface area (Å²) in [6.45, 7) is 2.85. The third kappa shape index (κ3) is 4.95. The van der Waals surface area contributed by atoms with E-state index in [1.807, 2.05) is 48.5 Å². The fourth-order valence-corrected chi connectivity index (χ4v) is 4.23. The molecule has 0 bridgehead atoms. The standard InChI is InChI=1S/C28H28N2O6/c1-4-36-28(33)24-22(20-11-7-18(8-12-20)16-35-3)14-30-26(24)25-23(27(31)32)21(13-29-25)19-9-5-17(6-10-19)15-34-2/h5-14,29-30H,4,15-16H2,1-3H3,(H,31,32). The zero-order chi connectivity index (χ0) is 25.7. The van der Waals surface area contributed by atoms with Crippen LogP contribution in [0, 0.1) is 0 Å². The molecule has 4 aromatic rings. The Morgan fingerprint density at radius 3 is 1.61 bits per heavy atom. The SMILES string of the molecule is CCOC(=O)c1c(-c2ccc(COC)cc2)c[nH]c1-c1[nH]cc(-c2ccc(COC)cc2)c1C(=O)O. The maximum absolute atomic E-state index is 13.1. The van der Waals surface area contributed by atoms with E-state index in [0.29, 0.717) is 35.7 Å². The highest BCUT2D eigenvalue weighted by Crippen LogP contribution is 2.37. The predicted molar refractivity (Wildman–Crippen MR) is 136 cm³/mol. The Morgan fingerprint density at radius 2 is 1.19 bits per heavy atom. The Bertz CT molecular complexity index is 1350. The molecule has 186 valence electrons. The molecule has 36 heavy (non-hydrogen) atoms. The summed E-state index contributed by atoms with van der Waals surface area (Å²) in [5.41, 5.74) is 5.59. The molecule has 0 radical (unpaired) electrons. The van der Waals surface area contributed by atoms with Crippen molar-refractivity contribution < 1.29 is 28.9 Å².